The first-order valence-corrected chi connectivity index (χ1v) is 8.84. The molecule has 1 atom stereocenters. The topological polar surface area (TPSA) is 40.1 Å². The largest absolute Gasteiger partial charge is 0.497 e. The van der Waals surface area contributed by atoms with Gasteiger partial charge in [0.25, 0.3) is 0 Å². The van der Waals surface area contributed by atoms with Gasteiger partial charge in [-0.2, -0.15) is 0 Å². The molecule has 24 heavy (non-hydrogen) atoms. The van der Waals surface area contributed by atoms with Crippen LogP contribution < -0.4 is 10.1 Å². The Morgan fingerprint density at radius 3 is 2.42 bits per heavy atom. The maximum atomic E-state index is 5.22. The molecular weight excluding hydrogens is 300 g/mol. The van der Waals surface area contributed by atoms with Crippen LogP contribution in [0.2, 0.25) is 0 Å². The molecule has 1 aliphatic carbocycles. The lowest BCUT2D eigenvalue weighted by molar-refractivity contribution is 0.270. The number of guanidine groups is 1. The molecule has 0 aliphatic heterocycles. The summed E-state index contributed by atoms with van der Waals surface area (Å²) >= 11 is 0. The van der Waals surface area contributed by atoms with Crippen LogP contribution in [0.5, 0.6) is 5.75 Å². The second-order valence-corrected chi connectivity index (χ2v) is 6.77. The highest BCUT2D eigenvalue weighted by Crippen LogP contribution is 2.34. The van der Waals surface area contributed by atoms with Crippen molar-refractivity contribution in [3.8, 4) is 5.75 Å². The Kier molecular flexibility index (Phi) is 6.91. The molecule has 0 saturated heterocycles. The van der Waals surface area contributed by atoms with Crippen molar-refractivity contribution in [3.05, 3.63) is 29.8 Å². The van der Waals surface area contributed by atoms with Crippen LogP contribution in [-0.2, 0) is 6.54 Å². The van der Waals surface area contributed by atoms with E-state index in [4.69, 9.17) is 9.73 Å². The molecule has 1 saturated carbocycles. The predicted octanol–water partition coefficient (Wildman–Crippen LogP) is 2.43. The number of aliphatic imine (C=N–C) groups is 1. The number of hydrogen-bond acceptors (Lipinski definition) is 3. The number of hydrogen-bond donors (Lipinski definition) is 1. The number of nitrogens with one attached hydrogen (secondary N) is 1. The lowest BCUT2D eigenvalue weighted by Gasteiger charge is -2.25. The third kappa shape index (κ3) is 5.41. The summed E-state index contributed by atoms with van der Waals surface area (Å²) in [4.78, 5) is 9.39. The molecule has 134 valence electrons. The van der Waals surface area contributed by atoms with Crippen LogP contribution in [0.3, 0.4) is 0 Å². The van der Waals surface area contributed by atoms with Crippen LogP contribution in [0.1, 0.15) is 25.3 Å². The van der Waals surface area contributed by atoms with Crippen LogP contribution in [0.25, 0.3) is 0 Å². The summed E-state index contributed by atoms with van der Waals surface area (Å²) in [6, 6.07) is 8.76. The predicted molar refractivity (Wildman–Crippen MR) is 101 cm³/mol. The molecule has 1 aromatic carbocycles. The molecule has 1 aromatic rings. The van der Waals surface area contributed by atoms with Gasteiger partial charge in [0, 0.05) is 26.2 Å². The van der Waals surface area contributed by atoms with Crippen LogP contribution in [0, 0.1) is 5.92 Å². The van der Waals surface area contributed by atoms with Gasteiger partial charge < -0.3 is 19.9 Å². The van der Waals surface area contributed by atoms with Crippen molar-refractivity contribution in [3.63, 3.8) is 0 Å². The standard InChI is InChI=1S/C19H32N4O/c1-6-20-19(21-13-18(22(2)3)16-9-10-16)23(4)14-15-7-11-17(24-5)12-8-15/h7-8,11-12,16,18H,6,9-10,13-14H2,1-5H3,(H,20,21). The van der Waals surface area contributed by atoms with Crippen LogP contribution in [0.4, 0.5) is 0 Å². The van der Waals surface area contributed by atoms with E-state index in [1.165, 1.54) is 18.4 Å². The summed E-state index contributed by atoms with van der Waals surface area (Å²) in [7, 11) is 8.10. The van der Waals surface area contributed by atoms with Gasteiger partial charge in [0.05, 0.1) is 13.7 Å². The number of ether oxygens (including phenoxy) is 1. The van der Waals surface area contributed by atoms with E-state index >= 15 is 0 Å². The average Bonchev–Trinajstić information content (AvgIpc) is 3.39. The summed E-state index contributed by atoms with van der Waals surface area (Å²) in [5, 5.41) is 3.41. The van der Waals surface area contributed by atoms with Crippen molar-refractivity contribution in [2.24, 2.45) is 10.9 Å². The fourth-order valence-electron chi connectivity index (χ4n) is 2.94. The number of methoxy groups -OCH3 is 1. The summed E-state index contributed by atoms with van der Waals surface area (Å²) in [6.07, 6.45) is 2.69. The Morgan fingerprint density at radius 2 is 1.92 bits per heavy atom. The Hall–Kier alpha value is -1.75. The molecule has 0 spiro atoms. The molecule has 1 aliphatic rings. The van der Waals surface area contributed by atoms with Gasteiger partial charge >= 0.3 is 0 Å². The number of benzene rings is 1. The highest BCUT2D eigenvalue weighted by molar-refractivity contribution is 5.79. The van der Waals surface area contributed by atoms with E-state index in [1.807, 2.05) is 12.1 Å². The van der Waals surface area contributed by atoms with E-state index in [0.29, 0.717) is 6.04 Å². The van der Waals surface area contributed by atoms with Gasteiger partial charge in [0.1, 0.15) is 5.75 Å². The highest BCUT2D eigenvalue weighted by Gasteiger charge is 2.32. The van der Waals surface area contributed by atoms with E-state index in [9.17, 15) is 0 Å². The van der Waals surface area contributed by atoms with E-state index in [0.717, 1.165) is 37.3 Å². The zero-order valence-electron chi connectivity index (χ0n) is 15.7. The quantitative estimate of drug-likeness (QED) is 0.586. The number of rotatable bonds is 8. The SMILES string of the molecule is CCNC(=NCC(C1CC1)N(C)C)N(C)Cc1ccc(OC)cc1. The van der Waals surface area contributed by atoms with Gasteiger partial charge in [-0.05, 0) is 57.5 Å². The van der Waals surface area contributed by atoms with Gasteiger partial charge in [-0.15, -0.1) is 0 Å². The van der Waals surface area contributed by atoms with Gasteiger partial charge in [0.2, 0.25) is 0 Å². The van der Waals surface area contributed by atoms with E-state index in [-0.39, 0.29) is 0 Å². The zero-order valence-corrected chi connectivity index (χ0v) is 15.7. The van der Waals surface area contributed by atoms with Crippen LogP contribution in [-0.4, -0.2) is 63.1 Å². The highest BCUT2D eigenvalue weighted by atomic mass is 16.5. The van der Waals surface area contributed by atoms with Crippen molar-refractivity contribution >= 4 is 5.96 Å². The molecule has 5 heteroatoms. The molecule has 1 N–H and O–H groups in total. The summed E-state index contributed by atoms with van der Waals surface area (Å²) in [6.45, 7) is 4.67. The Balaban J connectivity index is 1.99. The minimum absolute atomic E-state index is 0.549. The molecule has 2 rings (SSSR count). The van der Waals surface area contributed by atoms with Gasteiger partial charge in [-0.25, -0.2) is 0 Å². The molecule has 1 unspecified atom stereocenters. The molecule has 1 fully saturated rings. The number of nitrogens with zero attached hydrogens (tertiary/aromatic N) is 3. The van der Waals surface area contributed by atoms with Crippen LogP contribution >= 0.6 is 0 Å². The molecule has 0 amide bonds. The molecule has 0 aromatic heterocycles. The zero-order chi connectivity index (χ0) is 17.5. The third-order valence-corrected chi connectivity index (χ3v) is 4.53. The van der Waals surface area contributed by atoms with Crippen molar-refractivity contribution in [1.82, 2.24) is 15.1 Å². The smallest absolute Gasteiger partial charge is 0.194 e. The summed E-state index contributed by atoms with van der Waals surface area (Å²) < 4.78 is 5.22. The minimum Gasteiger partial charge on any atom is -0.497 e. The Bertz CT molecular complexity index is 521. The van der Waals surface area contributed by atoms with E-state index < -0.39 is 0 Å². The van der Waals surface area contributed by atoms with Gasteiger partial charge in [-0.3, -0.25) is 4.99 Å². The monoisotopic (exact) mass is 332 g/mol. The first-order valence-electron chi connectivity index (χ1n) is 8.84. The second-order valence-electron chi connectivity index (χ2n) is 6.77. The maximum absolute atomic E-state index is 5.22. The first-order chi connectivity index (χ1) is 11.5. The molecule has 0 bridgehead atoms. The fraction of sp³-hybridized carbons (Fsp3) is 0.632. The Morgan fingerprint density at radius 1 is 1.25 bits per heavy atom. The Labute approximate surface area is 146 Å². The number of likely N-dealkylation sites (N-methyl/N-ethyl adjacent to an activating group) is 1. The van der Waals surface area contributed by atoms with Crippen molar-refractivity contribution in [2.45, 2.75) is 32.4 Å². The fourth-order valence-corrected chi connectivity index (χ4v) is 2.94. The lowest BCUT2D eigenvalue weighted by Crippen LogP contribution is -2.40. The normalized spacial score (nSPS) is 16.2. The summed E-state index contributed by atoms with van der Waals surface area (Å²) in [5.74, 6) is 2.68. The van der Waals surface area contributed by atoms with Crippen molar-refractivity contribution < 1.29 is 4.74 Å². The van der Waals surface area contributed by atoms with Crippen molar-refractivity contribution in [2.75, 3.05) is 41.3 Å². The van der Waals surface area contributed by atoms with Gasteiger partial charge in [-0.1, -0.05) is 12.1 Å². The maximum Gasteiger partial charge on any atom is 0.194 e. The van der Waals surface area contributed by atoms with E-state index in [2.05, 4.69) is 55.3 Å². The third-order valence-electron chi connectivity index (χ3n) is 4.53. The lowest BCUT2D eigenvalue weighted by atomic mass is 10.2. The summed E-state index contributed by atoms with van der Waals surface area (Å²) in [5.41, 5.74) is 1.25. The average molecular weight is 332 g/mol. The molecule has 5 nitrogen and oxygen atoms in total. The molecule has 0 radical (unpaired) electrons. The van der Waals surface area contributed by atoms with Gasteiger partial charge in [0.15, 0.2) is 5.96 Å². The molecular formula is C19H32N4O. The minimum atomic E-state index is 0.549. The van der Waals surface area contributed by atoms with Crippen molar-refractivity contribution in [1.29, 1.82) is 0 Å². The first kappa shape index (κ1) is 18.6. The van der Waals surface area contributed by atoms with Crippen LogP contribution in [0.15, 0.2) is 29.3 Å². The molecule has 0 heterocycles. The van der Waals surface area contributed by atoms with E-state index in [1.54, 1.807) is 7.11 Å². The second kappa shape index (κ2) is 8.92.